The topological polar surface area (TPSA) is 64.0 Å². The highest BCUT2D eigenvalue weighted by molar-refractivity contribution is 7.21. The highest BCUT2D eigenvalue weighted by Crippen LogP contribution is 2.31. The van der Waals surface area contributed by atoms with Gasteiger partial charge in [0.05, 0.1) is 5.39 Å². The molecule has 4 aromatic rings. The van der Waals surface area contributed by atoms with E-state index < -0.39 is 6.04 Å². The maximum absolute atomic E-state index is 13.1. The van der Waals surface area contributed by atoms with Crippen molar-refractivity contribution in [1.82, 2.24) is 9.55 Å². The Morgan fingerprint density at radius 2 is 1.71 bits per heavy atom. The van der Waals surface area contributed by atoms with Crippen LogP contribution in [0.1, 0.15) is 18.8 Å². The third-order valence-electron chi connectivity index (χ3n) is 4.64. The van der Waals surface area contributed by atoms with Crippen LogP contribution in [0.25, 0.3) is 20.7 Å². The number of nitrogens with zero attached hydrogens (tertiary/aromatic N) is 2. The largest absolute Gasteiger partial charge is 0.324 e. The molecule has 1 amide bonds. The van der Waals surface area contributed by atoms with Gasteiger partial charge in [0.2, 0.25) is 5.91 Å². The zero-order valence-corrected chi connectivity index (χ0v) is 16.4. The van der Waals surface area contributed by atoms with Crippen LogP contribution >= 0.6 is 11.3 Å². The minimum atomic E-state index is -0.676. The van der Waals surface area contributed by atoms with Gasteiger partial charge < -0.3 is 5.32 Å². The first kappa shape index (κ1) is 18.1. The molecule has 1 unspecified atom stereocenters. The lowest BCUT2D eigenvalue weighted by molar-refractivity contribution is -0.118. The molecule has 5 nitrogen and oxygen atoms in total. The molecule has 140 valence electrons. The van der Waals surface area contributed by atoms with Gasteiger partial charge in [-0.1, -0.05) is 48.5 Å². The number of rotatable bonds is 4. The van der Waals surface area contributed by atoms with Crippen LogP contribution in [0.4, 0.5) is 5.69 Å². The fraction of sp³-hybridized carbons (Fsp3) is 0.136. The van der Waals surface area contributed by atoms with Gasteiger partial charge in [-0.25, -0.2) is 4.98 Å². The number of aryl methyl sites for hydroxylation is 1. The van der Waals surface area contributed by atoms with Crippen LogP contribution in [0.15, 0.2) is 71.5 Å². The molecule has 4 rings (SSSR count). The van der Waals surface area contributed by atoms with Crippen LogP contribution in [0.3, 0.4) is 0 Å². The summed E-state index contributed by atoms with van der Waals surface area (Å²) in [6.07, 6.45) is 0. The second kappa shape index (κ2) is 7.40. The minimum Gasteiger partial charge on any atom is -0.324 e. The summed E-state index contributed by atoms with van der Waals surface area (Å²) in [7, 11) is 0. The number of nitrogens with one attached hydrogen (secondary N) is 1. The maximum Gasteiger partial charge on any atom is 0.263 e. The quantitative estimate of drug-likeness (QED) is 0.553. The van der Waals surface area contributed by atoms with Crippen LogP contribution in [-0.4, -0.2) is 15.5 Å². The summed E-state index contributed by atoms with van der Waals surface area (Å²) >= 11 is 1.49. The Morgan fingerprint density at radius 3 is 2.39 bits per heavy atom. The zero-order chi connectivity index (χ0) is 19.7. The molecule has 0 saturated carbocycles. The molecule has 2 aromatic heterocycles. The van der Waals surface area contributed by atoms with Crippen LogP contribution in [0, 0.1) is 6.92 Å². The van der Waals surface area contributed by atoms with Gasteiger partial charge in [-0.05, 0) is 37.6 Å². The molecular weight excluding hydrogens is 370 g/mol. The van der Waals surface area contributed by atoms with Crippen LogP contribution in [-0.2, 0) is 4.79 Å². The lowest BCUT2D eigenvalue weighted by atomic mass is 10.2. The third-order valence-corrected chi connectivity index (χ3v) is 5.72. The number of benzene rings is 2. The number of para-hydroxylation sites is 1. The first-order valence-electron chi connectivity index (χ1n) is 8.98. The third kappa shape index (κ3) is 3.34. The number of thiophene rings is 1. The Morgan fingerprint density at radius 1 is 1.07 bits per heavy atom. The van der Waals surface area contributed by atoms with Crippen molar-refractivity contribution in [3.05, 3.63) is 82.9 Å². The van der Waals surface area contributed by atoms with Crippen molar-refractivity contribution < 1.29 is 4.79 Å². The van der Waals surface area contributed by atoms with E-state index in [-0.39, 0.29) is 11.5 Å². The summed E-state index contributed by atoms with van der Waals surface area (Å²) in [5.41, 5.74) is 1.54. The molecule has 2 heterocycles. The maximum atomic E-state index is 13.1. The smallest absolute Gasteiger partial charge is 0.263 e. The number of fused-ring (bicyclic) bond motifs is 1. The van der Waals surface area contributed by atoms with E-state index in [0.717, 1.165) is 10.4 Å². The van der Waals surface area contributed by atoms with Crippen LogP contribution in [0.2, 0.25) is 0 Å². The Hall–Kier alpha value is -3.25. The van der Waals surface area contributed by atoms with Gasteiger partial charge in [0.15, 0.2) is 0 Å². The first-order chi connectivity index (χ1) is 13.5. The van der Waals surface area contributed by atoms with Gasteiger partial charge in [-0.15, -0.1) is 11.3 Å². The summed E-state index contributed by atoms with van der Waals surface area (Å²) in [5, 5.41) is 3.39. The number of aromatic nitrogens is 2. The van der Waals surface area contributed by atoms with Gasteiger partial charge in [-0.3, -0.25) is 14.2 Å². The highest BCUT2D eigenvalue weighted by atomic mass is 32.1. The van der Waals surface area contributed by atoms with E-state index in [1.807, 2.05) is 66.7 Å². The van der Waals surface area contributed by atoms with E-state index in [4.69, 9.17) is 0 Å². The summed E-state index contributed by atoms with van der Waals surface area (Å²) in [5.74, 6) is 0.269. The van der Waals surface area contributed by atoms with Crippen molar-refractivity contribution in [3.8, 4) is 10.4 Å². The fourth-order valence-electron chi connectivity index (χ4n) is 3.18. The molecule has 6 heteroatoms. The van der Waals surface area contributed by atoms with Gasteiger partial charge in [0.1, 0.15) is 16.7 Å². The van der Waals surface area contributed by atoms with E-state index in [1.54, 1.807) is 13.8 Å². The van der Waals surface area contributed by atoms with Crippen LogP contribution < -0.4 is 10.9 Å². The van der Waals surface area contributed by atoms with E-state index in [0.29, 0.717) is 21.7 Å². The molecule has 0 spiro atoms. The molecule has 0 aliphatic heterocycles. The summed E-state index contributed by atoms with van der Waals surface area (Å²) in [6.45, 7) is 3.47. The molecule has 0 fully saturated rings. The Kier molecular flexibility index (Phi) is 4.79. The molecule has 28 heavy (non-hydrogen) atoms. The average molecular weight is 389 g/mol. The van der Waals surface area contributed by atoms with E-state index >= 15 is 0 Å². The Balaban J connectivity index is 1.73. The van der Waals surface area contributed by atoms with Crippen molar-refractivity contribution in [2.24, 2.45) is 0 Å². The van der Waals surface area contributed by atoms with Gasteiger partial charge in [0.25, 0.3) is 5.56 Å². The molecule has 0 saturated heterocycles. The molecule has 2 aromatic carbocycles. The van der Waals surface area contributed by atoms with Crippen molar-refractivity contribution in [2.75, 3.05) is 5.32 Å². The van der Waals surface area contributed by atoms with Gasteiger partial charge in [-0.2, -0.15) is 0 Å². The summed E-state index contributed by atoms with van der Waals surface area (Å²) < 4.78 is 1.46. The standard InChI is InChI=1S/C22H19N3O2S/c1-14(20(26)24-17-11-7-4-8-12-17)25-15(2)23-21-18(22(25)27)13-19(28-21)16-9-5-3-6-10-16/h3-14H,1-2H3,(H,24,26). The molecule has 0 aliphatic rings. The van der Waals surface area contributed by atoms with Crippen molar-refractivity contribution in [3.63, 3.8) is 0 Å². The molecule has 0 radical (unpaired) electrons. The van der Waals surface area contributed by atoms with Crippen LogP contribution in [0.5, 0.6) is 0 Å². The minimum absolute atomic E-state index is 0.198. The monoisotopic (exact) mass is 389 g/mol. The predicted octanol–water partition coefficient (Wildman–Crippen LogP) is 4.63. The van der Waals surface area contributed by atoms with E-state index in [1.165, 1.54) is 15.9 Å². The summed E-state index contributed by atoms with van der Waals surface area (Å²) in [4.78, 5) is 32.1. The lowest BCUT2D eigenvalue weighted by Crippen LogP contribution is -2.33. The second-order valence-electron chi connectivity index (χ2n) is 6.56. The highest BCUT2D eigenvalue weighted by Gasteiger charge is 2.21. The number of carbonyl (C=O) groups is 1. The molecular formula is C22H19N3O2S. The number of hydrogen-bond donors (Lipinski definition) is 1. The van der Waals surface area contributed by atoms with E-state index in [9.17, 15) is 9.59 Å². The second-order valence-corrected chi connectivity index (χ2v) is 7.59. The van der Waals surface area contributed by atoms with Crippen molar-refractivity contribution in [1.29, 1.82) is 0 Å². The number of amides is 1. The number of anilines is 1. The zero-order valence-electron chi connectivity index (χ0n) is 15.5. The van der Waals surface area contributed by atoms with Gasteiger partial charge in [0, 0.05) is 10.6 Å². The SMILES string of the molecule is Cc1nc2sc(-c3ccccc3)cc2c(=O)n1C(C)C(=O)Nc1ccccc1. The first-order valence-corrected chi connectivity index (χ1v) is 9.80. The Bertz CT molecular complexity index is 1200. The molecule has 1 N–H and O–H groups in total. The predicted molar refractivity (Wildman–Crippen MR) is 114 cm³/mol. The lowest BCUT2D eigenvalue weighted by Gasteiger charge is -2.17. The average Bonchev–Trinajstić information content (AvgIpc) is 3.13. The number of carbonyl (C=O) groups excluding carboxylic acids is 1. The van der Waals surface area contributed by atoms with Crippen molar-refractivity contribution >= 4 is 33.1 Å². The Labute approximate surface area is 166 Å². The normalized spacial score (nSPS) is 12.1. The molecule has 1 atom stereocenters. The fourth-order valence-corrected chi connectivity index (χ4v) is 4.25. The molecule has 0 aliphatic carbocycles. The molecule has 0 bridgehead atoms. The van der Waals surface area contributed by atoms with Crippen molar-refractivity contribution in [2.45, 2.75) is 19.9 Å². The van der Waals surface area contributed by atoms with Gasteiger partial charge >= 0.3 is 0 Å². The van der Waals surface area contributed by atoms with E-state index in [2.05, 4.69) is 10.3 Å². The summed E-state index contributed by atoms with van der Waals surface area (Å²) in [6, 6.07) is 20.3. The number of hydrogen-bond acceptors (Lipinski definition) is 4.